The molecule has 0 aliphatic carbocycles. The zero-order valence-corrected chi connectivity index (χ0v) is 17.0. The molecule has 3 aromatic rings. The van der Waals surface area contributed by atoms with Gasteiger partial charge < -0.3 is 5.11 Å². The van der Waals surface area contributed by atoms with Gasteiger partial charge in [-0.3, -0.25) is 9.39 Å². The molecule has 2 heterocycles. The maximum Gasteiger partial charge on any atom is 0.352 e. The number of carboxylic acids is 1. The molecular formula is C22H24ClN3O2. The summed E-state index contributed by atoms with van der Waals surface area (Å²) in [5, 5.41) is 10.0. The summed E-state index contributed by atoms with van der Waals surface area (Å²) in [6.45, 7) is 5.85. The van der Waals surface area contributed by atoms with E-state index in [0.29, 0.717) is 5.65 Å². The van der Waals surface area contributed by atoms with Crippen LogP contribution in [-0.4, -0.2) is 26.7 Å². The third-order valence-electron chi connectivity index (χ3n) is 4.01. The molecule has 0 saturated heterocycles. The molecule has 0 fully saturated rings. The summed E-state index contributed by atoms with van der Waals surface area (Å²) in [6, 6.07) is 11.4. The van der Waals surface area contributed by atoms with Crippen LogP contribution in [-0.2, 0) is 6.42 Å². The standard InChI is InChI=1S/C13H13N3O2.C9H11Cl/c1-3-10(14-4-2)9-7-11(13(17)18)16-6-5-15-12(16)8-9;1-2-3-8-4-6-9(10)7-5-8/h3-8H,1-2H3,(H,17,18);4-7H,2-3H2,1H3/b10-3-,14-4?;. The average Bonchev–Trinajstić information content (AvgIpc) is 3.16. The maximum atomic E-state index is 11.2. The SMILES string of the molecule is CC=N/C(=C\C)c1cc(C(=O)O)n2ccnc2c1.CCCc1ccc(Cl)cc1. The second-order valence-electron chi connectivity index (χ2n) is 6.03. The highest BCUT2D eigenvalue weighted by molar-refractivity contribution is 6.30. The van der Waals surface area contributed by atoms with Crippen LogP contribution in [0.4, 0.5) is 0 Å². The number of aromatic carboxylic acids is 1. The van der Waals surface area contributed by atoms with Gasteiger partial charge in [-0.25, -0.2) is 9.78 Å². The summed E-state index contributed by atoms with van der Waals surface area (Å²) in [6.07, 6.45) is 9.05. The van der Waals surface area contributed by atoms with E-state index in [1.165, 1.54) is 16.4 Å². The molecule has 0 aliphatic heterocycles. The molecule has 0 spiro atoms. The van der Waals surface area contributed by atoms with E-state index in [4.69, 9.17) is 11.6 Å². The molecule has 5 nitrogen and oxygen atoms in total. The van der Waals surface area contributed by atoms with Crippen LogP contribution in [0.5, 0.6) is 0 Å². The van der Waals surface area contributed by atoms with Crippen LogP contribution in [0, 0.1) is 0 Å². The maximum absolute atomic E-state index is 11.2. The number of aliphatic imine (C=N–C) groups is 1. The zero-order valence-electron chi connectivity index (χ0n) is 16.3. The molecule has 1 N–H and O–H groups in total. The van der Waals surface area contributed by atoms with E-state index in [-0.39, 0.29) is 5.69 Å². The van der Waals surface area contributed by atoms with Crippen LogP contribution in [0.3, 0.4) is 0 Å². The van der Waals surface area contributed by atoms with E-state index in [9.17, 15) is 9.90 Å². The molecule has 3 rings (SSSR count). The Bertz CT molecular complexity index is 989. The Hall–Kier alpha value is -2.92. The summed E-state index contributed by atoms with van der Waals surface area (Å²) in [5.41, 5.74) is 3.60. The van der Waals surface area contributed by atoms with Crippen LogP contribution < -0.4 is 0 Å². The van der Waals surface area contributed by atoms with E-state index in [2.05, 4.69) is 29.0 Å². The summed E-state index contributed by atoms with van der Waals surface area (Å²) in [7, 11) is 0. The van der Waals surface area contributed by atoms with Gasteiger partial charge in [0, 0.05) is 29.2 Å². The third-order valence-corrected chi connectivity index (χ3v) is 4.27. The fourth-order valence-electron chi connectivity index (χ4n) is 2.73. The molecule has 2 aromatic heterocycles. The Morgan fingerprint density at radius 3 is 2.54 bits per heavy atom. The van der Waals surface area contributed by atoms with Gasteiger partial charge in [0.15, 0.2) is 0 Å². The molecule has 0 saturated carbocycles. The number of aryl methyl sites for hydroxylation is 1. The van der Waals surface area contributed by atoms with E-state index < -0.39 is 5.97 Å². The Morgan fingerprint density at radius 1 is 1.25 bits per heavy atom. The van der Waals surface area contributed by atoms with Crippen LogP contribution in [0.15, 0.2) is 59.9 Å². The molecule has 28 heavy (non-hydrogen) atoms. The van der Waals surface area contributed by atoms with E-state index >= 15 is 0 Å². The topological polar surface area (TPSA) is 67.0 Å². The van der Waals surface area contributed by atoms with Gasteiger partial charge in [0.1, 0.15) is 11.3 Å². The van der Waals surface area contributed by atoms with Crippen molar-refractivity contribution in [3.8, 4) is 0 Å². The lowest BCUT2D eigenvalue weighted by molar-refractivity contribution is 0.0689. The first kappa shape index (κ1) is 21.4. The predicted octanol–water partition coefficient (Wildman–Crippen LogP) is 5.78. The largest absolute Gasteiger partial charge is 0.477 e. The van der Waals surface area contributed by atoms with Crippen LogP contribution in [0.25, 0.3) is 11.3 Å². The monoisotopic (exact) mass is 397 g/mol. The Kier molecular flexibility index (Phi) is 7.96. The Morgan fingerprint density at radius 2 is 1.96 bits per heavy atom. The van der Waals surface area contributed by atoms with Crippen molar-refractivity contribution in [1.82, 2.24) is 9.38 Å². The van der Waals surface area contributed by atoms with Gasteiger partial charge in [0.2, 0.25) is 0 Å². The predicted molar refractivity (Wildman–Crippen MR) is 115 cm³/mol. The third kappa shape index (κ3) is 5.54. The smallest absolute Gasteiger partial charge is 0.352 e. The number of hydrogen-bond donors (Lipinski definition) is 1. The number of pyridine rings is 1. The van der Waals surface area contributed by atoms with Crippen molar-refractivity contribution in [2.24, 2.45) is 4.99 Å². The van der Waals surface area contributed by atoms with Gasteiger partial charge in [-0.05, 0) is 50.1 Å². The van der Waals surface area contributed by atoms with Crippen molar-refractivity contribution in [2.75, 3.05) is 0 Å². The highest BCUT2D eigenvalue weighted by atomic mass is 35.5. The molecule has 146 valence electrons. The second-order valence-corrected chi connectivity index (χ2v) is 6.46. The van der Waals surface area contributed by atoms with Gasteiger partial charge in [0.05, 0.1) is 5.70 Å². The second kappa shape index (κ2) is 10.4. The number of benzene rings is 1. The first-order chi connectivity index (χ1) is 13.5. The van der Waals surface area contributed by atoms with Crippen molar-refractivity contribution >= 4 is 35.1 Å². The molecule has 1 aromatic carbocycles. The number of imidazole rings is 1. The number of carboxylic acid groups (broad SMARTS) is 1. The summed E-state index contributed by atoms with van der Waals surface area (Å²) in [5.74, 6) is -0.990. The number of fused-ring (bicyclic) bond motifs is 1. The highest BCUT2D eigenvalue weighted by Crippen LogP contribution is 2.20. The highest BCUT2D eigenvalue weighted by Gasteiger charge is 2.12. The molecule has 0 atom stereocenters. The Labute approximate surface area is 170 Å². The van der Waals surface area contributed by atoms with Crippen molar-refractivity contribution in [2.45, 2.75) is 33.6 Å². The average molecular weight is 398 g/mol. The number of aromatic nitrogens is 2. The lowest BCUT2D eigenvalue weighted by Gasteiger charge is -2.06. The van der Waals surface area contributed by atoms with Crippen LogP contribution in [0.1, 0.15) is 48.8 Å². The number of halogens is 1. The van der Waals surface area contributed by atoms with Gasteiger partial charge in [-0.1, -0.05) is 43.2 Å². The summed E-state index contributed by atoms with van der Waals surface area (Å²) >= 11 is 5.71. The number of allylic oxidation sites excluding steroid dienone is 1. The van der Waals surface area contributed by atoms with Crippen molar-refractivity contribution in [3.63, 3.8) is 0 Å². The number of hydrogen-bond acceptors (Lipinski definition) is 3. The summed E-state index contributed by atoms with van der Waals surface area (Å²) < 4.78 is 1.54. The van der Waals surface area contributed by atoms with E-state index in [0.717, 1.165) is 22.7 Å². The van der Waals surface area contributed by atoms with Crippen molar-refractivity contribution < 1.29 is 9.90 Å². The molecular weight excluding hydrogens is 374 g/mol. The van der Waals surface area contributed by atoms with Gasteiger partial charge in [-0.15, -0.1) is 0 Å². The van der Waals surface area contributed by atoms with Gasteiger partial charge >= 0.3 is 5.97 Å². The molecule has 6 heteroatoms. The number of rotatable bonds is 5. The normalized spacial score (nSPS) is 11.5. The quantitative estimate of drug-likeness (QED) is 0.555. The molecule has 0 amide bonds. The van der Waals surface area contributed by atoms with Crippen molar-refractivity contribution in [1.29, 1.82) is 0 Å². The minimum Gasteiger partial charge on any atom is -0.477 e. The molecule has 0 aliphatic rings. The fraction of sp³-hybridized carbons (Fsp3) is 0.227. The van der Waals surface area contributed by atoms with Gasteiger partial charge in [-0.2, -0.15) is 0 Å². The first-order valence-corrected chi connectivity index (χ1v) is 9.48. The molecule has 0 unspecified atom stereocenters. The van der Waals surface area contributed by atoms with Gasteiger partial charge in [0.25, 0.3) is 0 Å². The first-order valence-electron chi connectivity index (χ1n) is 9.10. The fourth-order valence-corrected chi connectivity index (χ4v) is 2.86. The molecule has 0 radical (unpaired) electrons. The van der Waals surface area contributed by atoms with Crippen molar-refractivity contribution in [3.05, 3.63) is 76.7 Å². The minimum absolute atomic E-state index is 0.172. The Balaban J connectivity index is 0.000000237. The number of nitrogens with zero attached hydrogens (tertiary/aromatic N) is 3. The minimum atomic E-state index is -0.990. The summed E-state index contributed by atoms with van der Waals surface area (Å²) in [4.78, 5) is 19.6. The zero-order chi connectivity index (χ0) is 20.5. The lowest BCUT2D eigenvalue weighted by Crippen LogP contribution is -2.05. The van der Waals surface area contributed by atoms with Crippen LogP contribution >= 0.6 is 11.6 Å². The van der Waals surface area contributed by atoms with E-state index in [1.807, 2.05) is 38.1 Å². The lowest BCUT2D eigenvalue weighted by atomic mass is 10.1. The molecule has 0 bridgehead atoms. The van der Waals surface area contributed by atoms with Crippen LogP contribution in [0.2, 0.25) is 5.02 Å². The number of carbonyl (C=O) groups is 1. The van der Waals surface area contributed by atoms with E-state index in [1.54, 1.807) is 24.7 Å².